The van der Waals surface area contributed by atoms with Gasteiger partial charge in [0.1, 0.15) is 0 Å². The monoisotopic (exact) mass is 349 g/mol. The fourth-order valence-corrected chi connectivity index (χ4v) is 2.12. The van der Waals surface area contributed by atoms with Gasteiger partial charge in [0, 0.05) is 17.7 Å². The molecule has 0 saturated carbocycles. The Morgan fingerprint density at radius 2 is 1.87 bits per heavy atom. The highest BCUT2D eigenvalue weighted by Gasteiger charge is 2.12. The average Bonchev–Trinajstić information content (AvgIpc) is 2.49. The van der Waals surface area contributed by atoms with Crippen LogP contribution in [0.1, 0.15) is 15.9 Å². The van der Waals surface area contributed by atoms with Crippen molar-refractivity contribution in [1.29, 1.82) is 0 Å². The SMILES string of the molecule is Cc1ccc(C(=O)NC(=S)Nc2cc([N+](=O)[O-])ccc2Cl)cc1. The second kappa shape index (κ2) is 7.17. The molecular weight excluding hydrogens is 338 g/mol. The number of nitro benzene ring substituents is 1. The lowest BCUT2D eigenvalue weighted by Crippen LogP contribution is -2.34. The van der Waals surface area contributed by atoms with E-state index in [2.05, 4.69) is 10.6 Å². The third-order valence-corrected chi connectivity index (χ3v) is 3.48. The maximum Gasteiger partial charge on any atom is 0.271 e. The Kier molecular flexibility index (Phi) is 5.25. The van der Waals surface area contributed by atoms with E-state index in [0.717, 1.165) is 5.56 Å². The Balaban J connectivity index is 2.07. The van der Waals surface area contributed by atoms with E-state index < -0.39 is 4.92 Å². The summed E-state index contributed by atoms with van der Waals surface area (Å²) in [6, 6.07) is 10.9. The number of thiocarbonyl (C=S) groups is 1. The number of hydrogen-bond acceptors (Lipinski definition) is 4. The van der Waals surface area contributed by atoms with Crippen LogP contribution < -0.4 is 10.6 Å². The van der Waals surface area contributed by atoms with Crippen molar-refractivity contribution < 1.29 is 9.72 Å². The first-order chi connectivity index (χ1) is 10.9. The molecule has 0 bridgehead atoms. The molecule has 2 N–H and O–H groups in total. The fraction of sp³-hybridized carbons (Fsp3) is 0.0667. The molecule has 118 valence electrons. The fourth-order valence-electron chi connectivity index (χ4n) is 1.76. The molecule has 2 aromatic rings. The highest BCUT2D eigenvalue weighted by atomic mass is 35.5. The minimum atomic E-state index is -0.546. The summed E-state index contributed by atoms with van der Waals surface area (Å²) in [5.41, 5.74) is 1.59. The number of nitrogens with one attached hydrogen (secondary N) is 2. The molecule has 0 spiro atoms. The number of carbonyl (C=O) groups excluding carboxylic acids is 1. The molecule has 8 heteroatoms. The van der Waals surface area contributed by atoms with Crippen LogP contribution in [-0.2, 0) is 0 Å². The highest BCUT2D eigenvalue weighted by molar-refractivity contribution is 7.80. The lowest BCUT2D eigenvalue weighted by molar-refractivity contribution is -0.384. The molecule has 2 rings (SSSR count). The molecule has 0 aliphatic rings. The Bertz CT molecular complexity index is 778. The molecule has 0 fully saturated rings. The quantitative estimate of drug-likeness (QED) is 0.501. The van der Waals surface area contributed by atoms with Crippen molar-refractivity contribution >= 4 is 46.2 Å². The van der Waals surface area contributed by atoms with Gasteiger partial charge < -0.3 is 5.32 Å². The molecule has 23 heavy (non-hydrogen) atoms. The molecule has 0 aromatic heterocycles. The van der Waals surface area contributed by atoms with E-state index in [4.69, 9.17) is 23.8 Å². The van der Waals surface area contributed by atoms with Crippen molar-refractivity contribution in [2.75, 3.05) is 5.32 Å². The van der Waals surface area contributed by atoms with Gasteiger partial charge in [0.25, 0.3) is 11.6 Å². The average molecular weight is 350 g/mol. The van der Waals surface area contributed by atoms with Crippen LogP contribution in [0.15, 0.2) is 42.5 Å². The molecular formula is C15H12ClN3O3S. The predicted octanol–water partition coefficient (Wildman–Crippen LogP) is 3.68. The summed E-state index contributed by atoms with van der Waals surface area (Å²) >= 11 is 11.0. The molecule has 0 aliphatic carbocycles. The molecule has 6 nitrogen and oxygen atoms in total. The summed E-state index contributed by atoms with van der Waals surface area (Å²) in [6.07, 6.45) is 0. The topological polar surface area (TPSA) is 84.3 Å². The highest BCUT2D eigenvalue weighted by Crippen LogP contribution is 2.26. The zero-order valence-electron chi connectivity index (χ0n) is 12.0. The lowest BCUT2D eigenvalue weighted by Gasteiger charge is -2.11. The van der Waals surface area contributed by atoms with Gasteiger partial charge in [-0.15, -0.1) is 0 Å². The van der Waals surface area contributed by atoms with E-state index in [-0.39, 0.29) is 27.4 Å². The Hall–Kier alpha value is -2.51. The number of amides is 1. The normalized spacial score (nSPS) is 10.0. The zero-order valence-corrected chi connectivity index (χ0v) is 13.6. The molecule has 0 aliphatic heterocycles. The van der Waals surface area contributed by atoms with Gasteiger partial charge in [0.2, 0.25) is 0 Å². The zero-order chi connectivity index (χ0) is 17.0. The summed E-state index contributed by atoms with van der Waals surface area (Å²) in [6.45, 7) is 1.91. The smallest absolute Gasteiger partial charge is 0.271 e. The number of nitrogens with zero attached hydrogens (tertiary/aromatic N) is 1. The molecule has 0 unspecified atom stereocenters. The summed E-state index contributed by atoms with van der Waals surface area (Å²) < 4.78 is 0. The predicted molar refractivity (Wildman–Crippen MR) is 93.0 cm³/mol. The maximum absolute atomic E-state index is 12.0. The third kappa shape index (κ3) is 4.48. The Morgan fingerprint density at radius 3 is 2.48 bits per heavy atom. The number of hydrogen-bond donors (Lipinski definition) is 2. The van der Waals surface area contributed by atoms with Crippen LogP contribution in [0.5, 0.6) is 0 Å². The van der Waals surface area contributed by atoms with Gasteiger partial charge in [0.15, 0.2) is 5.11 Å². The number of halogens is 1. The minimum Gasteiger partial charge on any atom is -0.331 e. The first-order valence-electron chi connectivity index (χ1n) is 6.50. The van der Waals surface area contributed by atoms with Crippen molar-refractivity contribution in [3.05, 3.63) is 68.7 Å². The summed E-state index contributed by atoms with van der Waals surface area (Å²) in [4.78, 5) is 22.3. The molecule has 0 atom stereocenters. The number of carbonyl (C=O) groups is 1. The second-order valence-electron chi connectivity index (χ2n) is 4.70. The van der Waals surface area contributed by atoms with Crippen molar-refractivity contribution in [3.63, 3.8) is 0 Å². The van der Waals surface area contributed by atoms with E-state index >= 15 is 0 Å². The number of nitro groups is 1. The Labute approximate surface area is 142 Å². The molecule has 0 heterocycles. The van der Waals surface area contributed by atoms with E-state index in [1.54, 1.807) is 12.1 Å². The number of benzene rings is 2. The van der Waals surface area contributed by atoms with Gasteiger partial charge in [-0.2, -0.15) is 0 Å². The van der Waals surface area contributed by atoms with Gasteiger partial charge in [-0.1, -0.05) is 29.3 Å². The maximum atomic E-state index is 12.0. The first kappa shape index (κ1) is 16.9. The molecule has 1 amide bonds. The number of rotatable bonds is 3. The van der Waals surface area contributed by atoms with Crippen LogP contribution >= 0.6 is 23.8 Å². The van der Waals surface area contributed by atoms with Gasteiger partial charge in [-0.05, 0) is 37.3 Å². The van der Waals surface area contributed by atoms with Gasteiger partial charge in [0.05, 0.1) is 15.6 Å². The molecule has 2 aromatic carbocycles. The molecule has 0 saturated heterocycles. The van der Waals surface area contributed by atoms with Crippen molar-refractivity contribution in [2.45, 2.75) is 6.92 Å². The van der Waals surface area contributed by atoms with Crippen LogP contribution in [0.25, 0.3) is 0 Å². The number of anilines is 1. The Morgan fingerprint density at radius 1 is 1.22 bits per heavy atom. The van der Waals surface area contributed by atoms with Crippen LogP contribution in [-0.4, -0.2) is 15.9 Å². The summed E-state index contributed by atoms with van der Waals surface area (Å²) in [5, 5.41) is 16.2. The summed E-state index contributed by atoms with van der Waals surface area (Å²) in [7, 11) is 0. The largest absolute Gasteiger partial charge is 0.331 e. The third-order valence-electron chi connectivity index (χ3n) is 2.95. The first-order valence-corrected chi connectivity index (χ1v) is 7.28. The van der Waals surface area contributed by atoms with E-state index in [0.29, 0.717) is 5.56 Å². The molecule has 0 radical (unpaired) electrons. The van der Waals surface area contributed by atoms with Crippen LogP contribution in [0, 0.1) is 17.0 Å². The van der Waals surface area contributed by atoms with Crippen molar-refractivity contribution in [2.24, 2.45) is 0 Å². The van der Waals surface area contributed by atoms with Gasteiger partial charge in [-0.3, -0.25) is 20.2 Å². The van der Waals surface area contributed by atoms with Gasteiger partial charge >= 0.3 is 0 Å². The number of aryl methyl sites for hydroxylation is 1. The standard InChI is InChI=1S/C15H12ClN3O3S/c1-9-2-4-10(5-3-9)14(20)18-15(23)17-13-8-11(19(21)22)6-7-12(13)16/h2-8H,1H3,(H2,17,18,20,23). The van der Waals surface area contributed by atoms with Crippen LogP contribution in [0.3, 0.4) is 0 Å². The van der Waals surface area contributed by atoms with E-state index in [1.165, 1.54) is 18.2 Å². The van der Waals surface area contributed by atoms with Crippen molar-refractivity contribution in [1.82, 2.24) is 5.32 Å². The van der Waals surface area contributed by atoms with Crippen LogP contribution in [0.4, 0.5) is 11.4 Å². The van der Waals surface area contributed by atoms with E-state index in [1.807, 2.05) is 19.1 Å². The number of non-ortho nitro benzene ring substituents is 1. The van der Waals surface area contributed by atoms with Gasteiger partial charge in [-0.25, -0.2) is 0 Å². The minimum absolute atomic E-state index is 0.00188. The van der Waals surface area contributed by atoms with Crippen LogP contribution in [0.2, 0.25) is 5.02 Å². The lowest BCUT2D eigenvalue weighted by atomic mass is 10.1. The second-order valence-corrected chi connectivity index (χ2v) is 5.51. The van der Waals surface area contributed by atoms with E-state index in [9.17, 15) is 14.9 Å². The summed E-state index contributed by atoms with van der Waals surface area (Å²) in [5.74, 6) is -0.385. The van der Waals surface area contributed by atoms with Crippen molar-refractivity contribution in [3.8, 4) is 0 Å².